The highest BCUT2D eigenvalue weighted by Crippen LogP contribution is 2.39. The Hall–Kier alpha value is -2.31. The fourth-order valence-corrected chi connectivity index (χ4v) is 4.34. The van der Waals surface area contributed by atoms with Gasteiger partial charge < -0.3 is 14.5 Å². The number of cyclic esters (lactones) is 2. The standard InChI is InChI=1S/C24H28BClO5/c1-23(2)30-21(27)24(3,22(28)31-23)14-17(15-25(4)29)13-16-9-11-18(12-10-16)19-7-5-6-8-20(19)26/h5-12,17,29H,13-15H2,1-4H3/t17-/m1/s1. The van der Waals surface area contributed by atoms with Crippen LogP contribution < -0.4 is 0 Å². The Morgan fingerprint density at radius 3 is 2.13 bits per heavy atom. The van der Waals surface area contributed by atoms with Crippen LogP contribution in [0.4, 0.5) is 0 Å². The molecule has 0 radical (unpaired) electrons. The summed E-state index contributed by atoms with van der Waals surface area (Å²) in [5.41, 5.74) is 1.61. The minimum absolute atomic E-state index is 0.113. The van der Waals surface area contributed by atoms with Crippen molar-refractivity contribution in [3.8, 4) is 11.1 Å². The van der Waals surface area contributed by atoms with Crippen LogP contribution in [0.5, 0.6) is 0 Å². The molecule has 0 aromatic heterocycles. The third-order valence-corrected chi connectivity index (χ3v) is 5.94. The molecule has 1 atom stereocenters. The highest BCUT2D eigenvalue weighted by atomic mass is 35.5. The monoisotopic (exact) mass is 442 g/mol. The van der Waals surface area contributed by atoms with E-state index in [1.165, 1.54) is 13.8 Å². The lowest BCUT2D eigenvalue weighted by Gasteiger charge is -2.39. The molecule has 31 heavy (non-hydrogen) atoms. The smallest absolute Gasteiger partial charge is 0.326 e. The van der Waals surface area contributed by atoms with Gasteiger partial charge in [-0.3, -0.25) is 9.59 Å². The Bertz CT molecular complexity index is 935. The molecule has 164 valence electrons. The summed E-state index contributed by atoms with van der Waals surface area (Å²) in [6.07, 6.45) is 1.29. The molecule has 2 aromatic carbocycles. The van der Waals surface area contributed by atoms with E-state index in [1.807, 2.05) is 48.5 Å². The molecule has 1 saturated heterocycles. The molecule has 1 N–H and O–H groups in total. The van der Waals surface area contributed by atoms with Crippen molar-refractivity contribution in [2.75, 3.05) is 0 Å². The second-order valence-corrected chi connectivity index (χ2v) is 9.45. The van der Waals surface area contributed by atoms with Gasteiger partial charge in [0, 0.05) is 24.4 Å². The fraction of sp³-hybridized carbons (Fsp3) is 0.417. The number of halogens is 1. The van der Waals surface area contributed by atoms with Gasteiger partial charge in [0.25, 0.3) is 12.7 Å². The van der Waals surface area contributed by atoms with Gasteiger partial charge in [0.2, 0.25) is 0 Å². The molecule has 0 aliphatic carbocycles. The average molecular weight is 443 g/mol. The van der Waals surface area contributed by atoms with Crippen molar-refractivity contribution in [3.63, 3.8) is 0 Å². The van der Waals surface area contributed by atoms with Crippen molar-refractivity contribution < 1.29 is 24.1 Å². The molecule has 1 fully saturated rings. The molecule has 0 unspecified atom stereocenters. The number of esters is 2. The minimum atomic E-state index is -1.40. The molecule has 0 amide bonds. The molecule has 5 nitrogen and oxygen atoms in total. The van der Waals surface area contributed by atoms with E-state index in [0.717, 1.165) is 16.7 Å². The summed E-state index contributed by atoms with van der Waals surface area (Å²) >= 11 is 6.30. The van der Waals surface area contributed by atoms with E-state index in [2.05, 4.69) is 0 Å². The third kappa shape index (κ3) is 5.49. The summed E-state index contributed by atoms with van der Waals surface area (Å²) in [6.45, 7) is 5.77. The van der Waals surface area contributed by atoms with Crippen LogP contribution in [0.2, 0.25) is 18.2 Å². The van der Waals surface area contributed by atoms with Crippen LogP contribution in [0, 0.1) is 11.3 Å². The Kier molecular flexibility index (Phi) is 6.82. The minimum Gasteiger partial charge on any atom is -0.451 e. The lowest BCUT2D eigenvalue weighted by Crippen LogP contribution is -2.53. The second-order valence-electron chi connectivity index (χ2n) is 9.05. The lowest BCUT2D eigenvalue weighted by molar-refractivity contribution is -0.250. The van der Waals surface area contributed by atoms with Gasteiger partial charge in [0.05, 0.1) is 0 Å². The van der Waals surface area contributed by atoms with E-state index in [-0.39, 0.29) is 12.3 Å². The van der Waals surface area contributed by atoms with E-state index in [4.69, 9.17) is 21.1 Å². The Morgan fingerprint density at radius 1 is 1.00 bits per heavy atom. The van der Waals surface area contributed by atoms with Crippen LogP contribution in [-0.4, -0.2) is 29.7 Å². The summed E-state index contributed by atoms with van der Waals surface area (Å²) in [5.74, 6) is -2.54. The molecule has 7 heteroatoms. The number of ether oxygens (including phenoxy) is 2. The molecule has 0 bridgehead atoms. The fourth-order valence-electron chi connectivity index (χ4n) is 4.09. The summed E-state index contributed by atoms with van der Waals surface area (Å²) in [5, 5.41) is 10.7. The van der Waals surface area contributed by atoms with Crippen LogP contribution in [-0.2, 0) is 25.5 Å². The van der Waals surface area contributed by atoms with Crippen molar-refractivity contribution in [1.82, 2.24) is 0 Å². The maximum Gasteiger partial charge on any atom is 0.326 e. The first-order chi connectivity index (χ1) is 14.5. The first-order valence-corrected chi connectivity index (χ1v) is 10.9. The van der Waals surface area contributed by atoms with E-state index < -0.39 is 30.1 Å². The maximum absolute atomic E-state index is 12.7. The summed E-state index contributed by atoms with van der Waals surface area (Å²) in [4.78, 5) is 25.3. The van der Waals surface area contributed by atoms with Gasteiger partial charge in [-0.15, -0.1) is 0 Å². The molecule has 1 aliphatic rings. The van der Waals surface area contributed by atoms with Crippen molar-refractivity contribution in [2.45, 2.75) is 52.5 Å². The Morgan fingerprint density at radius 2 is 1.58 bits per heavy atom. The van der Waals surface area contributed by atoms with Crippen molar-refractivity contribution in [3.05, 3.63) is 59.1 Å². The zero-order valence-corrected chi connectivity index (χ0v) is 19.1. The molecule has 3 rings (SSSR count). The molecular formula is C24H28BClO5. The number of hydrogen-bond acceptors (Lipinski definition) is 5. The van der Waals surface area contributed by atoms with Crippen LogP contribution in [0.15, 0.2) is 48.5 Å². The summed E-state index contributed by atoms with van der Waals surface area (Å²) in [7, 11) is 0. The van der Waals surface area contributed by atoms with Crippen LogP contribution in [0.1, 0.15) is 32.8 Å². The summed E-state index contributed by atoms with van der Waals surface area (Å²) < 4.78 is 10.7. The highest BCUT2D eigenvalue weighted by molar-refractivity contribution is 6.48. The third-order valence-electron chi connectivity index (χ3n) is 5.61. The zero-order valence-electron chi connectivity index (χ0n) is 18.4. The van der Waals surface area contributed by atoms with Crippen LogP contribution in [0.3, 0.4) is 0 Å². The largest absolute Gasteiger partial charge is 0.451 e. The van der Waals surface area contributed by atoms with Gasteiger partial charge in [0.1, 0.15) is 0 Å². The predicted octanol–water partition coefficient (Wildman–Crippen LogP) is 5.01. The van der Waals surface area contributed by atoms with Crippen molar-refractivity contribution >= 4 is 30.5 Å². The normalized spacial score (nSPS) is 18.1. The van der Waals surface area contributed by atoms with Gasteiger partial charge in [-0.25, -0.2) is 0 Å². The topological polar surface area (TPSA) is 72.8 Å². The van der Waals surface area contributed by atoms with Crippen LogP contribution >= 0.6 is 11.6 Å². The SMILES string of the molecule is CB(O)C[C@H](Cc1ccc(-c2ccccc2Cl)cc1)CC1(C)C(=O)OC(C)(C)OC1=O. The predicted molar refractivity (Wildman–Crippen MR) is 122 cm³/mol. The molecule has 1 heterocycles. The highest BCUT2D eigenvalue weighted by Gasteiger charge is 2.53. The quantitative estimate of drug-likeness (QED) is 0.370. The first kappa shape index (κ1) is 23.4. The van der Waals surface area contributed by atoms with Gasteiger partial charge in [-0.2, -0.15) is 0 Å². The zero-order chi connectivity index (χ0) is 22.8. The summed E-state index contributed by atoms with van der Waals surface area (Å²) in [6, 6.07) is 15.7. The second kappa shape index (κ2) is 9.05. The number of carbonyl (C=O) groups is 2. The van der Waals surface area contributed by atoms with Crippen LogP contribution in [0.25, 0.3) is 11.1 Å². The Balaban J connectivity index is 1.78. The van der Waals surface area contributed by atoms with Gasteiger partial charge in [-0.05, 0) is 49.2 Å². The molecule has 2 aromatic rings. The van der Waals surface area contributed by atoms with Gasteiger partial charge >= 0.3 is 11.9 Å². The van der Waals surface area contributed by atoms with E-state index >= 15 is 0 Å². The molecule has 0 spiro atoms. The number of rotatable bonds is 7. The van der Waals surface area contributed by atoms with Crippen molar-refractivity contribution in [2.24, 2.45) is 11.3 Å². The number of benzene rings is 2. The molecule has 1 aliphatic heterocycles. The number of carbonyl (C=O) groups excluding carboxylic acids is 2. The van der Waals surface area contributed by atoms with Gasteiger partial charge in [0.15, 0.2) is 5.41 Å². The maximum atomic E-state index is 12.7. The van der Waals surface area contributed by atoms with E-state index in [0.29, 0.717) is 17.8 Å². The van der Waals surface area contributed by atoms with E-state index in [9.17, 15) is 14.6 Å². The molecular weight excluding hydrogens is 415 g/mol. The molecule has 0 saturated carbocycles. The lowest BCUT2D eigenvalue weighted by atomic mass is 9.60. The average Bonchev–Trinajstić information content (AvgIpc) is 2.66. The Labute approximate surface area is 188 Å². The first-order valence-electron chi connectivity index (χ1n) is 10.5. The van der Waals surface area contributed by atoms with Crippen molar-refractivity contribution in [1.29, 1.82) is 0 Å². The van der Waals surface area contributed by atoms with E-state index in [1.54, 1.807) is 13.7 Å². The van der Waals surface area contributed by atoms with Gasteiger partial charge in [-0.1, -0.05) is 60.9 Å². The number of hydrogen-bond donors (Lipinski definition) is 1.